The van der Waals surface area contributed by atoms with Gasteiger partial charge in [-0.05, 0) is 19.1 Å². The van der Waals surface area contributed by atoms with Crippen molar-refractivity contribution in [2.45, 2.75) is 46.2 Å². The van der Waals surface area contributed by atoms with Gasteiger partial charge in [-0.2, -0.15) is 4.98 Å². The smallest absolute Gasteiger partial charge is 0.232 e. The van der Waals surface area contributed by atoms with E-state index in [2.05, 4.69) is 30.8 Å². The predicted molar refractivity (Wildman–Crippen MR) is 88.9 cm³/mol. The fourth-order valence-electron chi connectivity index (χ4n) is 1.79. The Kier molecular flexibility index (Phi) is 5.67. The second kappa shape index (κ2) is 7.71. The highest BCUT2D eigenvalue weighted by Crippen LogP contribution is 2.19. The number of aliphatic imine (C=N–C) groups is 1. The van der Waals surface area contributed by atoms with Gasteiger partial charge in [0.2, 0.25) is 5.89 Å². The molecule has 0 atom stereocenters. The molecular formula is C16H24N6O. The van der Waals surface area contributed by atoms with Crippen molar-refractivity contribution >= 4 is 5.96 Å². The number of guanidine groups is 1. The van der Waals surface area contributed by atoms with E-state index in [1.807, 2.05) is 45.9 Å². The molecule has 0 aliphatic heterocycles. The molecule has 2 aromatic rings. The Morgan fingerprint density at radius 1 is 1.26 bits per heavy atom. The number of nitrogens with zero attached hydrogens (tertiary/aromatic N) is 4. The van der Waals surface area contributed by atoms with Gasteiger partial charge in [0, 0.05) is 18.2 Å². The molecule has 124 valence electrons. The zero-order valence-electron chi connectivity index (χ0n) is 14.1. The second-order valence-corrected chi connectivity index (χ2v) is 6.14. The van der Waals surface area contributed by atoms with E-state index in [1.165, 1.54) is 0 Å². The van der Waals surface area contributed by atoms with Crippen LogP contribution in [0.5, 0.6) is 0 Å². The minimum Gasteiger partial charge on any atom is -0.357 e. The summed E-state index contributed by atoms with van der Waals surface area (Å²) in [5.74, 6) is 1.93. The summed E-state index contributed by atoms with van der Waals surface area (Å²) in [5.41, 5.74) is 0.766. The normalized spacial score (nSPS) is 12.3. The van der Waals surface area contributed by atoms with Crippen molar-refractivity contribution in [3.63, 3.8) is 0 Å². The van der Waals surface area contributed by atoms with Crippen LogP contribution >= 0.6 is 0 Å². The van der Waals surface area contributed by atoms with E-state index in [-0.39, 0.29) is 5.41 Å². The van der Waals surface area contributed by atoms with Gasteiger partial charge in [0.15, 0.2) is 11.8 Å². The Morgan fingerprint density at radius 2 is 2.09 bits per heavy atom. The highest BCUT2D eigenvalue weighted by molar-refractivity contribution is 5.79. The van der Waals surface area contributed by atoms with E-state index in [0.29, 0.717) is 30.8 Å². The maximum absolute atomic E-state index is 5.28. The largest absolute Gasteiger partial charge is 0.357 e. The molecule has 0 aromatic carbocycles. The van der Waals surface area contributed by atoms with Crippen LogP contribution in [0.4, 0.5) is 0 Å². The third-order valence-electron chi connectivity index (χ3n) is 2.99. The Bertz CT molecular complexity index is 630. The summed E-state index contributed by atoms with van der Waals surface area (Å²) in [6, 6.07) is 5.78. The van der Waals surface area contributed by atoms with Crippen LogP contribution in [0.1, 0.15) is 45.1 Å². The number of hydrogen-bond acceptors (Lipinski definition) is 5. The predicted octanol–water partition coefficient (Wildman–Crippen LogP) is 2.02. The van der Waals surface area contributed by atoms with Gasteiger partial charge in [-0.15, -0.1) is 0 Å². The van der Waals surface area contributed by atoms with Crippen molar-refractivity contribution in [1.82, 2.24) is 25.8 Å². The van der Waals surface area contributed by atoms with Gasteiger partial charge in [-0.25, -0.2) is 4.99 Å². The molecular weight excluding hydrogens is 292 g/mol. The van der Waals surface area contributed by atoms with E-state index < -0.39 is 0 Å². The molecule has 0 radical (unpaired) electrons. The summed E-state index contributed by atoms with van der Waals surface area (Å²) < 4.78 is 5.28. The number of pyridine rings is 1. The average molecular weight is 316 g/mol. The third-order valence-corrected chi connectivity index (χ3v) is 2.99. The molecule has 2 aromatic heterocycles. The van der Waals surface area contributed by atoms with Gasteiger partial charge in [0.1, 0.15) is 0 Å². The van der Waals surface area contributed by atoms with Crippen molar-refractivity contribution in [2.75, 3.05) is 6.54 Å². The molecule has 0 bridgehead atoms. The van der Waals surface area contributed by atoms with Gasteiger partial charge in [-0.3, -0.25) is 4.98 Å². The molecule has 0 saturated carbocycles. The first-order valence-electron chi connectivity index (χ1n) is 7.74. The summed E-state index contributed by atoms with van der Waals surface area (Å²) in [5, 5.41) is 10.4. The van der Waals surface area contributed by atoms with E-state index >= 15 is 0 Å². The first kappa shape index (κ1) is 16.9. The molecule has 0 unspecified atom stereocenters. The van der Waals surface area contributed by atoms with Crippen molar-refractivity contribution in [3.05, 3.63) is 41.8 Å². The highest BCUT2D eigenvalue weighted by atomic mass is 16.5. The van der Waals surface area contributed by atoms with Crippen LogP contribution < -0.4 is 10.6 Å². The Balaban J connectivity index is 1.95. The van der Waals surface area contributed by atoms with Gasteiger partial charge < -0.3 is 15.2 Å². The monoisotopic (exact) mass is 316 g/mol. The number of hydrogen-bond donors (Lipinski definition) is 2. The Morgan fingerprint density at radius 3 is 2.70 bits per heavy atom. The topological polar surface area (TPSA) is 88.2 Å². The number of aromatic nitrogens is 3. The molecule has 0 amide bonds. The van der Waals surface area contributed by atoms with Crippen LogP contribution in [0.3, 0.4) is 0 Å². The summed E-state index contributed by atoms with van der Waals surface area (Å²) in [6.07, 6.45) is 1.76. The lowest BCUT2D eigenvalue weighted by atomic mass is 9.97. The standard InChI is InChI=1S/C16H24N6O/c1-5-17-15(19-10-12-8-6-7-9-18-12)20-11-13-21-14(23-22-13)16(2,3)4/h6-9H,5,10-11H2,1-4H3,(H2,17,19,20). The maximum atomic E-state index is 5.28. The first-order valence-corrected chi connectivity index (χ1v) is 7.74. The van der Waals surface area contributed by atoms with Crippen LogP contribution in [0, 0.1) is 0 Å². The molecule has 2 rings (SSSR count). The fourth-order valence-corrected chi connectivity index (χ4v) is 1.79. The van der Waals surface area contributed by atoms with Gasteiger partial charge in [-0.1, -0.05) is 32.0 Å². The van der Waals surface area contributed by atoms with Crippen molar-refractivity contribution < 1.29 is 4.52 Å². The molecule has 2 heterocycles. The maximum Gasteiger partial charge on any atom is 0.232 e. The SMILES string of the molecule is CCNC(=NCc1ccccn1)NCc1noc(C(C)(C)C)n1. The molecule has 2 N–H and O–H groups in total. The summed E-state index contributed by atoms with van der Waals surface area (Å²) >= 11 is 0. The Hall–Kier alpha value is -2.44. The molecule has 7 heteroatoms. The minimum atomic E-state index is -0.150. The lowest BCUT2D eigenvalue weighted by Gasteiger charge is -2.11. The molecule has 0 fully saturated rings. The summed E-state index contributed by atoms with van der Waals surface area (Å²) in [7, 11) is 0. The van der Waals surface area contributed by atoms with Crippen molar-refractivity contribution in [3.8, 4) is 0 Å². The number of nitrogens with one attached hydrogen (secondary N) is 2. The third kappa shape index (κ3) is 5.36. The molecule has 0 aliphatic rings. The second-order valence-electron chi connectivity index (χ2n) is 6.14. The van der Waals surface area contributed by atoms with Crippen molar-refractivity contribution in [2.24, 2.45) is 4.99 Å². The Labute approximate surface area is 136 Å². The fraction of sp³-hybridized carbons (Fsp3) is 0.500. The van der Waals surface area contributed by atoms with E-state index in [4.69, 9.17) is 4.52 Å². The average Bonchev–Trinajstić information content (AvgIpc) is 3.00. The van der Waals surface area contributed by atoms with Crippen LogP contribution in [-0.2, 0) is 18.5 Å². The van der Waals surface area contributed by atoms with Crippen LogP contribution in [0.2, 0.25) is 0 Å². The molecule has 0 saturated heterocycles. The van der Waals surface area contributed by atoms with E-state index in [0.717, 1.165) is 12.2 Å². The zero-order valence-corrected chi connectivity index (χ0v) is 14.1. The quantitative estimate of drug-likeness (QED) is 0.648. The highest BCUT2D eigenvalue weighted by Gasteiger charge is 2.21. The minimum absolute atomic E-state index is 0.150. The van der Waals surface area contributed by atoms with E-state index in [9.17, 15) is 0 Å². The zero-order chi connectivity index (χ0) is 16.7. The lowest BCUT2D eigenvalue weighted by molar-refractivity contribution is 0.318. The van der Waals surface area contributed by atoms with Crippen LogP contribution in [0.25, 0.3) is 0 Å². The summed E-state index contributed by atoms with van der Waals surface area (Å²) in [6.45, 7) is 9.86. The van der Waals surface area contributed by atoms with Gasteiger partial charge in [0.25, 0.3) is 0 Å². The van der Waals surface area contributed by atoms with Gasteiger partial charge in [0.05, 0.1) is 18.8 Å². The van der Waals surface area contributed by atoms with Gasteiger partial charge >= 0.3 is 0 Å². The molecule has 23 heavy (non-hydrogen) atoms. The van der Waals surface area contributed by atoms with Crippen LogP contribution in [0.15, 0.2) is 33.9 Å². The summed E-state index contributed by atoms with van der Waals surface area (Å²) in [4.78, 5) is 13.2. The van der Waals surface area contributed by atoms with Crippen molar-refractivity contribution in [1.29, 1.82) is 0 Å². The molecule has 7 nitrogen and oxygen atoms in total. The lowest BCUT2D eigenvalue weighted by Crippen LogP contribution is -2.37. The molecule has 0 aliphatic carbocycles. The van der Waals surface area contributed by atoms with E-state index in [1.54, 1.807) is 6.20 Å². The number of rotatable bonds is 5. The van der Waals surface area contributed by atoms with Crippen LogP contribution in [-0.4, -0.2) is 27.6 Å². The molecule has 0 spiro atoms. The first-order chi connectivity index (χ1) is 11.0.